The van der Waals surface area contributed by atoms with Gasteiger partial charge in [-0.3, -0.25) is 4.40 Å². The number of halogens is 1. The number of aromatic nitrogens is 2. The molecule has 0 saturated carbocycles. The average molecular weight is 307 g/mol. The van der Waals surface area contributed by atoms with Gasteiger partial charge in [0.25, 0.3) is 0 Å². The van der Waals surface area contributed by atoms with Crippen LogP contribution in [-0.2, 0) is 0 Å². The Hall–Kier alpha value is -3.08. The molecule has 0 amide bonds. The molecule has 2 aromatic heterocycles. The summed E-state index contributed by atoms with van der Waals surface area (Å²) >= 11 is 0. The summed E-state index contributed by atoms with van der Waals surface area (Å²) < 4.78 is 20.9. The predicted octanol–water partition coefficient (Wildman–Crippen LogP) is 3.88. The van der Waals surface area contributed by atoms with Gasteiger partial charge in [-0.15, -0.1) is 0 Å². The molecule has 0 atom stereocenters. The second-order valence-electron chi connectivity index (χ2n) is 5.35. The molecule has 0 aliphatic carbocycles. The van der Waals surface area contributed by atoms with Crippen LogP contribution in [-0.4, -0.2) is 16.5 Å². The van der Waals surface area contributed by atoms with Gasteiger partial charge in [-0.05, 0) is 47.5 Å². The Kier molecular flexibility index (Phi) is 2.94. The van der Waals surface area contributed by atoms with Crippen molar-refractivity contribution in [2.75, 3.05) is 12.8 Å². The fourth-order valence-electron chi connectivity index (χ4n) is 2.71. The van der Waals surface area contributed by atoms with E-state index in [1.165, 1.54) is 6.07 Å². The molecule has 0 bridgehead atoms. The number of imidazole rings is 1. The van der Waals surface area contributed by atoms with E-state index in [9.17, 15) is 4.39 Å². The molecule has 2 heterocycles. The van der Waals surface area contributed by atoms with Crippen molar-refractivity contribution in [2.45, 2.75) is 0 Å². The number of pyridine rings is 1. The van der Waals surface area contributed by atoms with Crippen molar-refractivity contribution in [2.24, 2.45) is 0 Å². The third-order valence-corrected chi connectivity index (χ3v) is 3.95. The maximum Gasteiger partial charge on any atom is 0.146 e. The summed E-state index contributed by atoms with van der Waals surface area (Å²) in [5.74, 6) is 0.365. The number of nitrogens with zero attached hydrogens (tertiary/aromatic N) is 2. The largest absolute Gasteiger partial charge is 0.497 e. The first-order chi connectivity index (χ1) is 11.2. The van der Waals surface area contributed by atoms with E-state index in [0.29, 0.717) is 0 Å². The SMILES string of the molecule is COc1ccc2nc3cc(-c4ccc(N)c(F)c4)ccn3c2c1. The van der Waals surface area contributed by atoms with E-state index in [0.717, 1.165) is 33.6 Å². The second-order valence-corrected chi connectivity index (χ2v) is 5.35. The van der Waals surface area contributed by atoms with Gasteiger partial charge in [0.2, 0.25) is 0 Å². The fourth-order valence-corrected chi connectivity index (χ4v) is 2.71. The minimum Gasteiger partial charge on any atom is -0.497 e. The minimum atomic E-state index is -0.416. The van der Waals surface area contributed by atoms with Crippen LogP contribution in [0.5, 0.6) is 5.75 Å². The average Bonchev–Trinajstić information content (AvgIpc) is 2.94. The molecule has 4 nitrogen and oxygen atoms in total. The lowest BCUT2D eigenvalue weighted by atomic mass is 10.1. The molecule has 2 N–H and O–H groups in total. The molecule has 0 saturated heterocycles. The molecule has 4 aromatic rings. The van der Waals surface area contributed by atoms with Crippen LogP contribution in [0, 0.1) is 5.82 Å². The van der Waals surface area contributed by atoms with E-state index in [4.69, 9.17) is 10.5 Å². The van der Waals surface area contributed by atoms with Crippen LogP contribution in [0.15, 0.2) is 54.7 Å². The standard InChI is InChI=1S/C18H14FN3O/c1-23-13-3-5-16-17(10-13)22-7-6-12(9-18(22)21-16)11-2-4-15(20)14(19)8-11/h2-10H,20H2,1H3. The Labute approximate surface area is 131 Å². The Morgan fingerprint density at radius 2 is 1.87 bits per heavy atom. The van der Waals surface area contributed by atoms with Crippen molar-refractivity contribution in [3.63, 3.8) is 0 Å². The highest BCUT2D eigenvalue weighted by Gasteiger charge is 2.08. The number of rotatable bonds is 2. The summed E-state index contributed by atoms with van der Waals surface area (Å²) in [5, 5.41) is 0. The highest BCUT2D eigenvalue weighted by molar-refractivity contribution is 5.83. The maximum atomic E-state index is 13.7. The van der Waals surface area contributed by atoms with Gasteiger partial charge in [0.15, 0.2) is 0 Å². The third-order valence-electron chi connectivity index (χ3n) is 3.95. The molecule has 2 aromatic carbocycles. The van der Waals surface area contributed by atoms with Crippen molar-refractivity contribution in [3.05, 3.63) is 60.5 Å². The Morgan fingerprint density at radius 3 is 2.65 bits per heavy atom. The molecule has 0 aliphatic heterocycles. The molecule has 0 aliphatic rings. The number of ether oxygens (including phenoxy) is 1. The van der Waals surface area contributed by atoms with Gasteiger partial charge < -0.3 is 10.5 Å². The van der Waals surface area contributed by atoms with Gasteiger partial charge in [-0.25, -0.2) is 9.37 Å². The van der Waals surface area contributed by atoms with E-state index in [-0.39, 0.29) is 5.69 Å². The zero-order chi connectivity index (χ0) is 16.0. The predicted molar refractivity (Wildman–Crippen MR) is 89.1 cm³/mol. The zero-order valence-corrected chi connectivity index (χ0v) is 12.5. The van der Waals surface area contributed by atoms with E-state index in [1.54, 1.807) is 19.2 Å². The molecule has 114 valence electrons. The molecule has 0 fully saturated rings. The third kappa shape index (κ3) is 2.17. The first-order valence-electron chi connectivity index (χ1n) is 7.17. The van der Waals surface area contributed by atoms with Crippen LogP contribution in [0.1, 0.15) is 0 Å². The number of nitrogen functional groups attached to an aromatic ring is 1. The van der Waals surface area contributed by atoms with Gasteiger partial charge in [0, 0.05) is 12.3 Å². The normalized spacial score (nSPS) is 11.2. The molecule has 4 rings (SSSR count). The van der Waals surface area contributed by atoms with Crippen LogP contribution in [0.3, 0.4) is 0 Å². The van der Waals surface area contributed by atoms with Crippen LogP contribution < -0.4 is 10.5 Å². The maximum absolute atomic E-state index is 13.7. The molecular weight excluding hydrogens is 293 g/mol. The smallest absolute Gasteiger partial charge is 0.146 e. The highest BCUT2D eigenvalue weighted by atomic mass is 19.1. The van der Waals surface area contributed by atoms with Crippen molar-refractivity contribution in [1.82, 2.24) is 9.38 Å². The summed E-state index contributed by atoms with van der Waals surface area (Å²) in [6.45, 7) is 0. The van der Waals surface area contributed by atoms with Gasteiger partial charge in [0.1, 0.15) is 17.2 Å². The molecule has 0 unspecified atom stereocenters. The van der Waals surface area contributed by atoms with E-state index in [2.05, 4.69) is 4.98 Å². The lowest BCUT2D eigenvalue weighted by molar-refractivity contribution is 0.415. The van der Waals surface area contributed by atoms with Gasteiger partial charge in [-0.1, -0.05) is 6.07 Å². The number of nitrogens with two attached hydrogens (primary N) is 1. The molecule has 0 radical (unpaired) electrons. The molecule has 0 spiro atoms. The second kappa shape index (κ2) is 4.98. The number of fused-ring (bicyclic) bond motifs is 3. The summed E-state index contributed by atoms with van der Waals surface area (Å²) in [6.07, 6.45) is 1.92. The fraction of sp³-hybridized carbons (Fsp3) is 0.0556. The van der Waals surface area contributed by atoms with Gasteiger partial charge in [-0.2, -0.15) is 0 Å². The summed E-state index contributed by atoms with van der Waals surface area (Å²) in [7, 11) is 1.64. The number of methoxy groups -OCH3 is 1. The van der Waals surface area contributed by atoms with Crippen LogP contribution in [0.25, 0.3) is 27.8 Å². The quantitative estimate of drug-likeness (QED) is 0.572. The van der Waals surface area contributed by atoms with E-state index in [1.807, 2.05) is 40.9 Å². The number of hydrogen-bond acceptors (Lipinski definition) is 3. The number of anilines is 1. The Balaban J connectivity index is 1.90. The number of hydrogen-bond donors (Lipinski definition) is 1. The minimum absolute atomic E-state index is 0.147. The van der Waals surface area contributed by atoms with Crippen molar-refractivity contribution in [3.8, 4) is 16.9 Å². The first kappa shape index (κ1) is 13.6. The molecular formula is C18H14FN3O. The topological polar surface area (TPSA) is 52.5 Å². The van der Waals surface area contributed by atoms with Crippen LogP contribution >= 0.6 is 0 Å². The van der Waals surface area contributed by atoms with Crippen molar-refractivity contribution in [1.29, 1.82) is 0 Å². The summed E-state index contributed by atoms with van der Waals surface area (Å²) in [5.41, 5.74) is 9.98. The monoisotopic (exact) mass is 307 g/mol. The van der Waals surface area contributed by atoms with E-state index < -0.39 is 5.82 Å². The Bertz CT molecular complexity index is 1040. The van der Waals surface area contributed by atoms with Crippen LogP contribution in [0.2, 0.25) is 0 Å². The Morgan fingerprint density at radius 1 is 1.04 bits per heavy atom. The van der Waals surface area contributed by atoms with Crippen molar-refractivity contribution >= 4 is 22.4 Å². The first-order valence-corrected chi connectivity index (χ1v) is 7.17. The lowest BCUT2D eigenvalue weighted by Crippen LogP contribution is -1.91. The van der Waals surface area contributed by atoms with Gasteiger partial charge >= 0.3 is 0 Å². The lowest BCUT2D eigenvalue weighted by Gasteiger charge is -2.05. The molecule has 5 heteroatoms. The van der Waals surface area contributed by atoms with E-state index >= 15 is 0 Å². The van der Waals surface area contributed by atoms with Gasteiger partial charge in [0.05, 0.1) is 23.8 Å². The molecule has 23 heavy (non-hydrogen) atoms. The van der Waals surface area contributed by atoms with Crippen LogP contribution in [0.4, 0.5) is 10.1 Å². The summed E-state index contributed by atoms with van der Waals surface area (Å²) in [6, 6.07) is 14.4. The summed E-state index contributed by atoms with van der Waals surface area (Å²) in [4.78, 5) is 4.61. The highest BCUT2D eigenvalue weighted by Crippen LogP contribution is 2.27. The zero-order valence-electron chi connectivity index (χ0n) is 12.5. The van der Waals surface area contributed by atoms with Crippen molar-refractivity contribution < 1.29 is 9.13 Å². The number of benzene rings is 2.